The Labute approximate surface area is 138 Å². The van der Waals surface area contributed by atoms with Gasteiger partial charge in [-0.3, -0.25) is 9.78 Å². The van der Waals surface area contributed by atoms with Crippen molar-refractivity contribution < 1.29 is 9.18 Å². The maximum absolute atomic E-state index is 13.5. The first-order chi connectivity index (χ1) is 11.6. The van der Waals surface area contributed by atoms with Crippen LogP contribution in [0.3, 0.4) is 0 Å². The highest BCUT2D eigenvalue weighted by Gasteiger charge is 2.18. The van der Waals surface area contributed by atoms with Crippen LogP contribution in [0.1, 0.15) is 27.4 Å². The fraction of sp³-hybridized carbons (Fsp3) is 0.176. The minimum atomic E-state index is -0.369. The second kappa shape index (κ2) is 6.57. The molecule has 2 heterocycles. The average molecular weight is 325 g/mol. The fourth-order valence-electron chi connectivity index (χ4n) is 2.34. The SMILES string of the molecule is Cc1ccc(F)cc1-n1nnc(C(=O)NCc2ccccn2)c1C. The summed E-state index contributed by atoms with van der Waals surface area (Å²) in [5.74, 6) is -0.717. The molecule has 0 spiro atoms. The van der Waals surface area contributed by atoms with Crippen LogP contribution in [0.25, 0.3) is 5.69 Å². The smallest absolute Gasteiger partial charge is 0.274 e. The number of halogens is 1. The molecule has 0 aliphatic rings. The van der Waals surface area contributed by atoms with E-state index in [0.29, 0.717) is 17.9 Å². The molecule has 1 N–H and O–H groups in total. The van der Waals surface area contributed by atoms with E-state index in [1.54, 1.807) is 19.2 Å². The summed E-state index contributed by atoms with van der Waals surface area (Å²) in [4.78, 5) is 16.4. The van der Waals surface area contributed by atoms with Gasteiger partial charge in [-0.1, -0.05) is 17.3 Å². The standard InChI is InChI=1S/C17H16FN5O/c1-11-6-7-13(18)9-15(11)23-12(2)16(21-22-23)17(24)20-10-14-5-3-4-8-19-14/h3-9H,10H2,1-2H3,(H,20,24). The Bertz CT molecular complexity index is 876. The van der Waals surface area contributed by atoms with E-state index in [0.717, 1.165) is 11.3 Å². The zero-order valence-electron chi connectivity index (χ0n) is 13.3. The van der Waals surface area contributed by atoms with Gasteiger partial charge in [-0.2, -0.15) is 0 Å². The van der Waals surface area contributed by atoms with Crippen LogP contribution in [0.2, 0.25) is 0 Å². The molecule has 0 saturated carbocycles. The van der Waals surface area contributed by atoms with Crippen LogP contribution in [0.5, 0.6) is 0 Å². The molecule has 0 fully saturated rings. The minimum absolute atomic E-state index is 0.203. The van der Waals surface area contributed by atoms with E-state index in [2.05, 4.69) is 20.6 Å². The first kappa shape index (κ1) is 15.8. The predicted octanol–water partition coefficient (Wildman–Crippen LogP) is 2.35. The summed E-state index contributed by atoms with van der Waals surface area (Å²) < 4.78 is 15.0. The molecule has 7 heteroatoms. The van der Waals surface area contributed by atoms with Crippen molar-refractivity contribution in [1.82, 2.24) is 25.3 Å². The monoisotopic (exact) mass is 325 g/mol. The highest BCUT2D eigenvalue weighted by atomic mass is 19.1. The third kappa shape index (κ3) is 3.15. The number of carbonyl (C=O) groups is 1. The number of hydrogen-bond donors (Lipinski definition) is 1. The van der Waals surface area contributed by atoms with Gasteiger partial charge < -0.3 is 5.32 Å². The van der Waals surface area contributed by atoms with Crippen molar-refractivity contribution in [3.05, 3.63) is 71.1 Å². The maximum atomic E-state index is 13.5. The minimum Gasteiger partial charge on any atom is -0.345 e. The Hall–Kier alpha value is -3.09. The molecule has 0 aliphatic carbocycles. The Morgan fingerprint density at radius 1 is 1.25 bits per heavy atom. The van der Waals surface area contributed by atoms with Crippen molar-refractivity contribution in [1.29, 1.82) is 0 Å². The van der Waals surface area contributed by atoms with Gasteiger partial charge in [-0.15, -0.1) is 5.10 Å². The first-order valence-electron chi connectivity index (χ1n) is 7.43. The van der Waals surface area contributed by atoms with Crippen LogP contribution in [0, 0.1) is 19.7 Å². The van der Waals surface area contributed by atoms with Crippen molar-refractivity contribution in [3.63, 3.8) is 0 Å². The molecule has 24 heavy (non-hydrogen) atoms. The lowest BCUT2D eigenvalue weighted by molar-refractivity contribution is 0.0944. The Morgan fingerprint density at radius 2 is 2.08 bits per heavy atom. The van der Waals surface area contributed by atoms with Gasteiger partial charge in [0.25, 0.3) is 5.91 Å². The van der Waals surface area contributed by atoms with Gasteiger partial charge >= 0.3 is 0 Å². The summed E-state index contributed by atoms with van der Waals surface area (Å²) in [6, 6.07) is 9.88. The van der Waals surface area contributed by atoms with Gasteiger partial charge in [-0.25, -0.2) is 9.07 Å². The number of hydrogen-bond acceptors (Lipinski definition) is 4. The topological polar surface area (TPSA) is 72.7 Å². The molecule has 0 atom stereocenters. The molecule has 6 nitrogen and oxygen atoms in total. The van der Waals surface area contributed by atoms with E-state index >= 15 is 0 Å². The van der Waals surface area contributed by atoms with Gasteiger partial charge in [-0.05, 0) is 43.7 Å². The predicted molar refractivity (Wildman–Crippen MR) is 86.2 cm³/mol. The van der Waals surface area contributed by atoms with Crippen LogP contribution >= 0.6 is 0 Å². The summed E-state index contributed by atoms with van der Waals surface area (Å²) in [5, 5.41) is 10.7. The Kier molecular flexibility index (Phi) is 4.33. The van der Waals surface area contributed by atoms with E-state index in [9.17, 15) is 9.18 Å². The van der Waals surface area contributed by atoms with Crippen molar-refractivity contribution in [2.75, 3.05) is 0 Å². The van der Waals surface area contributed by atoms with Crippen LogP contribution in [0.15, 0.2) is 42.6 Å². The largest absolute Gasteiger partial charge is 0.345 e. The van der Waals surface area contributed by atoms with Crippen LogP contribution < -0.4 is 5.32 Å². The highest BCUT2D eigenvalue weighted by Crippen LogP contribution is 2.17. The van der Waals surface area contributed by atoms with Crippen molar-refractivity contribution in [2.24, 2.45) is 0 Å². The van der Waals surface area contributed by atoms with Crippen molar-refractivity contribution >= 4 is 5.91 Å². The lowest BCUT2D eigenvalue weighted by Crippen LogP contribution is -2.24. The normalized spacial score (nSPS) is 10.6. The molecule has 122 valence electrons. The van der Waals surface area contributed by atoms with E-state index in [-0.39, 0.29) is 17.4 Å². The molecule has 0 unspecified atom stereocenters. The third-order valence-corrected chi connectivity index (χ3v) is 3.67. The second-order valence-corrected chi connectivity index (χ2v) is 5.37. The zero-order chi connectivity index (χ0) is 17.1. The molecule has 3 aromatic rings. The summed E-state index contributed by atoms with van der Waals surface area (Å²) in [5.41, 5.74) is 2.89. The number of carbonyl (C=O) groups excluding carboxylic acids is 1. The summed E-state index contributed by atoms with van der Waals surface area (Å²) in [6.45, 7) is 3.86. The number of benzene rings is 1. The number of pyridine rings is 1. The molecule has 1 amide bonds. The molecule has 3 rings (SSSR count). The first-order valence-corrected chi connectivity index (χ1v) is 7.43. The van der Waals surface area contributed by atoms with Gasteiger partial charge in [0.15, 0.2) is 5.69 Å². The number of aromatic nitrogens is 4. The van der Waals surface area contributed by atoms with Gasteiger partial charge in [0.2, 0.25) is 0 Å². The molecular formula is C17H16FN5O. The molecule has 1 aromatic carbocycles. The van der Waals surface area contributed by atoms with Crippen LogP contribution in [0.4, 0.5) is 4.39 Å². The molecule has 2 aromatic heterocycles. The molecule has 0 radical (unpaired) electrons. The van der Waals surface area contributed by atoms with E-state index in [1.807, 2.05) is 25.1 Å². The van der Waals surface area contributed by atoms with Gasteiger partial charge in [0, 0.05) is 6.20 Å². The average Bonchev–Trinajstić information content (AvgIpc) is 2.97. The van der Waals surface area contributed by atoms with Crippen molar-refractivity contribution in [3.8, 4) is 5.69 Å². The number of amides is 1. The quantitative estimate of drug-likeness (QED) is 0.799. The fourth-order valence-corrected chi connectivity index (χ4v) is 2.34. The zero-order valence-corrected chi connectivity index (χ0v) is 13.3. The lowest BCUT2D eigenvalue weighted by atomic mass is 10.2. The van der Waals surface area contributed by atoms with E-state index in [4.69, 9.17) is 0 Å². The van der Waals surface area contributed by atoms with E-state index in [1.165, 1.54) is 16.8 Å². The summed E-state index contributed by atoms with van der Waals surface area (Å²) in [6.07, 6.45) is 1.66. The van der Waals surface area contributed by atoms with Crippen LogP contribution in [-0.4, -0.2) is 25.9 Å². The lowest BCUT2D eigenvalue weighted by Gasteiger charge is -2.07. The Morgan fingerprint density at radius 3 is 2.83 bits per heavy atom. The molecular weight excluding hydrogens is 309 g/mol. The van der Waals surface area contributed by atoms with Gasteiger partial charge in [0.05, 0.1) is 23.6 Å². The summed E-state index contributed by atoms with van der Waals surface area (Å²) in [7, 11) is 0. The molecule has 0 saturated heterocycles. The highest BCUT2D eigenvalue weighted by molar-refractivity contribution is 5.93. The van der Waals surface area contributed by atoms with Crippen molar-refractivity contribution in [2.45, 2.75) is 20.4 Å². The number of aryl methyl sites for hydroxylation is 1. The Balaban J connectivity index is 1.82. The number of nitrogens with zero attached hydrogens (tertiary/aromatic N) is 4. The maximum Gasteiger partial charge on any atom is 0.274 e. The van der Waals surface area contributed by atoms with Gasteiger partial charge in [0.1, 0.15) is 5.82 Å². The van der Waals surface area contributed by atoms with Crippen LogP contribution in [-0.2, 0) is 6.54 Å². The summed E-state index contributed by atoms with van der Waals surface area (Å²) >= 11 is 0. The molecule has 0 bridgehead atoms. The van der Waals surface area contributed by atoms with E-state index < -0.39 is 0 Å². The third-order valence-electron chi connectivity index (χ3n) is 3.67. The molecule has 0 aliphatic heterocycles. The second-order valence-electron chi connectivity index (χ2n) is 5.37. The number of rotatable bonds is 4. The number of nitrogens with one attached hydrogen (secondary N) is 1.